The maximum atomic E-state index is 12.6. The average Bonchev–Trinajstić information content (AvgIpc) is 3.04. The third kappa shape index (κ3) is 4.08. The van der Waals surface area contributed by atoms with Gasteiger partial charge in [0.05, 0.1) is 0 Å². The minimum Gasteiger partial charge on any atom is -0.480 e. The van der Waals surface area contributed by atoms with Gasteiger partial charge in [0.1, 0.15) is 12.1 Å². The monoisotopic (exact) mass is 445 g/mol. The SMILES string of the molecule is O=C(Nc1ccccc1)C1CCN(C(=O)ON2C(=O)C3CNCC(C(=O)O)N3C2=O)CC1. The Kier molecular flexibility index (Phi) is 5.95. The van der Waals surface area contributed by atoms with E-state index in [9.17, 15) is 29.1 Å². The normalized spacial score (nSPS) is 23.7. The molecule has 3 aliphatic heterocycles. The van der Waals surface area contributed by atoms with Crippen LogP contribution < -0.4 is 10.6 Å². The molecule has 4 rings (SSSR count). The van der Waals surface area contributed by atoms with Gasteiger partial charge in [-0.05, 0) is 25.0 Å². The molecule has 3 heterocycles. The number of urea groups is 1. The molecule has 0 radical (unpaired) electrons. The van der Waals surface area contributed by atoms with Crippen molar-refractivity contribution < 1.29 is 33.9 Å². The van der Waals surface area contributed by atoms with Gasteiger partial charge in [0.15, 0.2) is 0 Å². The molecule has 170 valence electrons. The van der Waals surface area contributed by atoms with Crippen molar-refractivity contribution in [3.63, 3.8) is 0 Å². The van der Waals surface area contributed by atoms with E-state index in [-0.39, 0.29) is 38.0 Å². The topological polar surface area (TPSA) is 149 Å². The number of benzene rings is 1. The van der Waals surface area contributed by atoms with Crippen LogP contribution in [0.4, 0.5) is 15.3 Å². The fourth-order valence-electron chi connectivity index (χ4n) is 4.09. The summed E-state index contributed by atoms with van der Waals surface area (Å²) in [5, 5.41) is 15.3. The number of imide groups is 1. The van der Waals surface area contributed by atoms with Gasteiger partial charge in [0, 0.05) is 37.8 Å². The molecular weight excluding hydrogens is 422 g/mol. The zero-order valence-corrected chi connectivity index (χ0v) is 17.1. The molecule has 0 saturated carbocycles. The van der Waals surface area contributed by atoms with Gasteiger partial charge in [0.25, 0.3) is 5.91 Å². The Morgan fingerprint density at radius 2 is 1.75 bits per heavy atom. The van der Waals surface area contributed by atoms with Crippen LogP contribution >= 0.6 is 0 Å². The second-order valence-corrected chi connectivity index (χ2v) is 7.82. The Balaban J connectivity index is 1.32. The van der Waals surface area contributed by atoms with Crippen LogP contribution in [0.15, 0.2) is 30.3 Å². The summed E-state index contributed by atoms with van der Waals surface area (Å²) in [5.41, 5.74) is 0.691. The first-order valence-electron chi connectivity index (χ1n) is 10.3. The van der Waals surface area contributed by atoms with E-state index in [2.05, 4.69) is 10.6 Å². The number of nitrogens with one attached hydrogen (secondary N) is 2. The maximum Gasteiger partial charge on any atom is 0.434 e. The van der Waals surface area contributed by atoms with Crippen LogP contribution in [0.25, 0.3) is 0 Å². The maximum absolute atomic E-state index is 12.6. The zero-order valence-electron chi connectivity index (χ0n) is 17.1. The minimum atomic E-state index is -1.26. The van der Waals surface area contributed by atoms with Crippen LogP contribution in [0.2, 0.25) is 0 Å². The van der Waals surface area contributed by atoms with Crippen molar-refractivity contribution in [2.75, 3.05) is 31.5 Å². The van der Waals surface area contributed by atoms with E-state index in [1.165, 1.54) is 4.90 Å². The summed E-state index contributed by atoms with van der Waals surface area (Å²) in [6.45, 7) is 0.498. The Morgan fingerprint density at radius 3 is 2.41 bits per heavy atom. The van der Waals surface area contributed by atoms with Gasteiger partial charge in [0.2, 0.25) is 5.91 Å². The fraction of sp³-hybridized carbons (Fsp3) is 0.450. The van der Waals surface area contributed by atoms with Gasteiger partial charge in [-0.25, -0.2) is 14.4 Å². The Morgan fingerprint density at radius 1 is 1.06 bits per heavy atom. The average molecular weight is 445 g/mol. The number of aliphatic carboxylic acids is 1. The predicted molar refractivity (Wildman–Crippen MR) is 108 cm³/mol. The van der Waals surface area contributed by atoms with Crippen molar-refractivity contribution in [3.8, 4) is 0 Å². The van der Waals surface area contributed by atoms with Crippen molar-refractivity contribution in [2.45, 2.75) is 24.9 Å². The number of carboxylic acids is 1. The lowest BCUT2D eigenvalue weighted by Crippen LogP contribution is -2.60. The number of anilines is 1. The molecular formula is C20H23N5O7. The molecule has 1 aromatic carbocycles. The number of amides is 5. The zero-order chi connectivity index (χ0) is 22.8. The molecule has 12 nitrogen and oxygen atoms in total. The molecule has 3 saturated heterocycles. The molecule has 32 heavy (non-hydrogen) atoms. The molecule has 2 unspecified atom stereocenters. The quantitative estimate of drug-likeness (QED) is 0.552. The molecule has 3 aliphatic rings. The lowest BCUT2D eigenvalue weighted by molar-refractivity contribution is -0.152. The molecule has 1 aromatic rings. The molecule has 5 amide bonds. The summed E-state index contributed by atoms with van der Waals surface area (Å²) < 4.78 is 0. The summed E-state index contributed by atoms with van der Waals surface area (Å²) in [6, 6.07) is 5.80. The van der Waals surface area contributed by atoms with Gasteiger partial charge in [-0.2, -0.15) is 0 Å². The van der Waals surface area contributed by atoms with E-state index in [0.29, 0.717) is 23.6 Å². The number of likely N-dealkylation sites (tertiary alicyclic amines) is 1. The van der Waals surface area contributed by atoms with Crippen molar-refractivity contribution in [3.05, 3.63) is 30.3 Å². The smallest absolute Gasteiger partial charge is 0.434 e. The van der Waals surface area contributed by atoms with Crippen molar-refractivity contribution in [2.24, 2.45) is 5.92 Å². The molecule has 3 fully saturated rings. The molecule has 0 aromatic heterocycles. The van der Waals surface area contributed by atoms with Crippen LogP contribution in [-0.2, 0) is 19.2 Å². The van der Waals surface area contributed by atoms with Gasteiger partial charge >= 0.3 is 18.1 Å². The number of carbonyl (C=O) groups is 5. The number of para-hydroxylation sites is 1. The number of hydrogen-bond acceptors (Lipinski definition) is 7. The van der Waals surface area contributed by atoms with E-state index < -0.39 is 36.1 Å². The van der Waals surface area contributed by atoms with Crippen molar-refractivity contribution >= 4 is 35.6 Å². The van der Waals surface area contributed by atoms with Crippen molar-refractivity contribution in [1.29, 1.82) is 0 Å². The second-order valence-electron chi connectivity index (χ2n) is 7.82. The third-order valence-electron chi connectivity index (χ3n) is 5.85. The second kappa shape index (κ2) is 8.83. The standard InChI is InChI=1S/C20H23N5O7/c26-16(22-13-4-2-1-3-5-13)12-6-8-23(9-7-12)20(31)32-25-17(27)14-10-21-11-15(18(28)29)24(14)19(25)30/h1-5,12,14-15,21H,6-11H2,(H,22,26)(H,28,29). The molecule has 0 aliphatic carbocycles. The third-order valence-corrected chi connectivity index (χ3v) is 5.85. The number of nitrogens with zero attached hydrogens (tertiary/aromatic N) is 3. The Labute approximate surface area is 183 Å². The first-order valence-corrected chi connectivity index (χ1v) is 10.3. The number of piperidine rings is 1. The number of fused-ring (bicyclic) bond motifs is 1. The van der Waals surface area contributed by atoms with Gasteiger partial charge < -0.3 is 25.5 Å². The molecule has 2 atom stereocenters. The summed E-state index contributed by atoms with van der Waals surface area (Å²) >= 11 is 0. The van der Waals surface area contributed by atoms with E-state index in [4.69, 9.17) is 4.84 Å². The van der Waals surface area contributed by atoms with Crippen LogP contribution in [0.3, 0.4) is 0 Å². The van der Waals surface area contributed by atoms with Gasteiger partial charge in [-0.1, -0.05) is 23.3 Å². The van der Waals surface area contributed by atoms with E-state index in [1.54, 1.807) is 12.1 Å². The largest absolute Gasteiger partial charge is 0.480 e. The van der Waals surface area contributed by atoms with Gasteiger partial charge in [-0.3, -0.25) is 14.5 Å². The van der Waals surface area contributed by atoms with E-state index >= 15 is 0 Å². The molecule has 3 N–H and O–H groups in total. The molecule has 0 spiro atoms. The van der Waals surface area contributed by atoms with E-state index in [0.717, 1.165) is 4.90 Å². The number of carboxylic acid groups (broad SMARTS) is 1. The van der Waals surface area contributed by atoms with Crippen LogP contribution in [-0.4, -0.2) is 88.1 Å². The fourth-order valence-corrected chi connectivity index (χ4v) is 4.09. The Bertz CT molecular complexity index is 932. The number of carbonyl (C=O) groups excluding carboxylic acids is 4. The first-order chi connectivity index (χ1) is 15.4. The van der Waals surface area contributed by atoms with Crippen LogP contribution in [0.1, 0.15) is 12.8 Å². The minimum absolute atomic E-state index is 0.00873. The van der Waals surface area contributed by atoms with Crippen molar-refractivity contribution in [1.82, 2.24) is 20.2 Å². The van der Waals surface area contributed by atoms with E-state index in [1.807, 2.05) is 18.2 Å². The van der Waals surface area contributed by atoms with Crippen LogP contribution in [0.5, 0.6) is 0 Å². The highest BCUT2D eigenvalue weighted by atomic mass is 16.7. The predicted octanol–water partition coefficient (Wildman–Crippen LogP) is 0.0779. The van der Waals surface area contributed by atoms with Gasteiger partial charge in [-0.15, -0.1) is 0 Å². The summed E-state index contributed by atoms with van der Waals surface area (Å²) in [7, 11) is 0. The van der Waals surface area contributed by atoms with Crippen LogP contribution in [0, 0.1) is 5.92 Å². The Hall–Kier alpha value is -3.67. The number of hydroxylamine groups is 2. The first kappa shape index (κ1) is 21.6. The number of hydrogen-bond donors (Lipinski definition) is 3. The lowest BCUT2D eigenvalue weighted by Gasteiger charge is -2.32. The highest BCUT2D eigenvalue weighted by Crippen LogP contribution is 2.25. The molecule has 0 bridgehead atoms. The summed E-state index contributed by atoms with van der Waals surface area (Å²) in [6.07, 6.45) is -0.0986. The lowest BCUT2D eigenvalue weighted by atomic mass is 9.96. The highest BCUT2D eigenvalue weighted by Gasteiger charge is 2.54. The number of rotatable bonds is 4. The summed E-state index contributed by atoms with van der Waals surface area (Å²) in [5.74, 6) is -2.48. The summed E-state index contributed by atoms with van der Waals surface area (Å²) in [4.78, 5) is 68.8. The highest BCUT2D eigenvalue weighted by molar-refractivity contribution is 6.05. The number of piperazine rings is 1. The molecule has 12 heteroatoms.